The maximum Gasteiger partial charge on any atom is 0.307 e. The number of nitrogens with zero attached hydrogens (tertiary/aromatic N) is 1. The van der Waals surface area contributed by atoms with E-state index >= 15 is 0 Å². The molecule has 0 aromatic heterocycles. The molecular formula is C39H41N3O5. The van der Waals surface area contributed by atoms with Crippen molar-refractivity contribution in [3.05, 3.63) is 139 Å². The second-order valence-corrected chi connectivity index (χ2v) is 12.2. The molecule has 0 fully saturated rings. The van der Waals surface area contributed by atoms with Crippen molar-refractivity contribution in [1.82, 2.24) is 10.6 Å². The van der Waals surface area contributed by atoms with E-state index in [4.69, 9.17) is 4.74 Å². The molecule has 0 spiro atoms. The second kappa shape index (κ2) is 15.4. The summed E-state index contributed by atoms with van der Waals surface area (Å²) in [5.41, 5.74) is 3.33. The number of fused-ring (bicyclic) bond motifs is 1. The molecule has 0 saturated carbocycles. The van der Waals surface area contributed by atoms with Crippen molar-refractivity contribution >= 4 is 23.5 Å². The average Bonchev–Trinajstić information content (AvgIpc) is 3.18. The highest BCUT2D eigenvalue weighted by molar-refractivity contribution is 6.01. The van der Waals surface area contributed by atoms with E-state index in [-0.39, 0.29) is 24.8 Å². The van der Waals surface area contributed by atoms with Gasteiger partial charge >= 0.3 is 5.97 Å². The molecule has 3 unspecified atom stereocenters. The van der Waals surface area contributed by atoms with Gasteiger partial charge in [-0.3, -0.25) is 19.7 Å². The lowest BCUT2D eigenvalue weighted by molar-refractivity contribution is -0.148. The highest BCUT2D eigenvalue weighted by atomic mass is 16.5. The van der Waals surface area contributed by atoms with Crippen molar-refractivity contribution in [3.8, 4) is 11.5 Å². The van der Waals surface area contributed by atoms with E-state index in [0.29, 0.717) is 23.6 Å². The molecular weight excluding hydrogens is 590 g/mol. The highest BCUT2D eigenvalue weighted by Gasteiger charge is 2.39. The second-order valence-electron chi connectivity index (χ2n) is 12.2. The molecule has 3 N–H and O–H groups in total. The van der Waals surface area contributed by atoms with Gasteiger partial charge in [-0.25, -0.2) is 0 Å². The minimum Gasteiger partial charge on any atom is -0.481 e. The van der Waals surface area contributed by atoms with Crippen molar-refractivity contribution < 1.29 is 24.2 Å². The van der Waals surface area contributed by atoms with Gasteiger partial charge in [-0.15, -0.1) is 6.58 Å². The topological polar surface area (TPSA) is 108 Å². The van der Waals surface area contributed by atoms with Crippen LogP contribution in [-0.2, 0) is 20.9 Å². The first kappa shape index (κ1) is 33.2. The number of nitrogens with one attached hydrogen (secondary N) is 2. The molecule has 1 heterocycles. The predicted octanol–water partition coefficient (Wildman–Crippen LogP) is 7.09. The zero-order valence-corrected chi connectivity index (χ0v) is 26.7. The van der Waals surface area contributed by atoms with Gasteiger partial charge in [-0.1, -0.05) is 98.8 Å². The van der Waals surface area contributed by atoms with Crippen molar-refractivity contribution in [2.75, 3.05) is 4.90 Å². The zero-order valence-electron chi connectivity index (χ0n) is 26.7. The zero-order chi connectivity index (χ0) is 33.3. The predicted molar refractivity (Wildman–Crippen MR) is 183 cm³/mol. The average molecular weight is 632 g/mol. The molecule has 1 aliphatic heterocycles. The Hall–Kier alpha value is -5.21. The fraction of sp³-hybridized carbons (Fsp3) is 0.256. The first-order valence-corrected chi connectivity index (χ1v) is 15.9. The number of aliphatic carboxylic acids is 1. The fourth-order valence-corrected chi connectivity index (χ4v) is 6.11. The summed E-state index contributed by atoms with van der Waals surface area (Å²) in [6, 6.07) is 34.1. The van der Waals surface area contributed by atoms with Crippen LogP contribution in [0.2, 0.25) is 0 Å². The lowest BCUT2D eigenvalue weighted by Gasteiger charge is -2.29. The number of carboxylic acid groups (broad SMARTS) is 1. The summed E-state index contributed by atoms with van der Waals surface area (Å²) < 4.78 is 6.07. The minimum absolute atomic E-state index is 0.0541. The standard InChI is InChI=1S/C39H41N3O5/c1-4-14-31(39(45)46)33(23-26(2)3)37(43)41-36-38(44)42(25-27-15-13-20-30(24-27)47-29-18-9-6-10-19-29)34-22-12-11-21-32(34)35(40-36)28-16-7-5-8-17-28/h4-13,15-22,24,26,31,33,35-36,40H,1,14,23,25H2,2-3H3,(H,41,43)(H,45,46)/t31-,33?,35?,36?/m0/s1. The van der Waals surface area contributed by atoms with E-state index in [1.165, 1.54) is 6.08 Å². The van der Waals surface area contributed by atoms with Crippen LogP contribution in [0, 0.1) is 17.8 Å². The third-order valence-electron chi connectivity index (χ3n) is 8.31. The Kier molecular flexibility index (Phi) is 10.9. The number of hydrogen-bond acceptors (Lipinski definition) is 5. The number of benzene rings is 4. The number of para-hydroxylation sites is 2. The molecule has 47 heavy (non-hydrogen) atoms. The lowest BCUT2D eigenvalue weighted by Crippen LogP contribution is -2.57. The Morgan fingerprint density at radius 3 is 2.26 bits per heavy atom. The first-order chi connectivity index (χ1) is 22.7. The van der Waals surface area contributed by atoms with Gasteiger partial charge in [0.05, 0.1) is 24.4 Å². The molecule has 0 radical (unpaired) electrons. The Morgan fingerprint density at radius 2 is 1.57 bits per heavy atom. The Bertz CT molecular complexity index is 1690. The normalized spacial score (nSPS) is 17.3. The number of ether oxygens (including phenoxy) is 1. The number of rotatable bonds is 13. The molecule has 0 saturated heterocycles. The molecule has 2 amide bonds. The van der Waals surface area contributed by atoms with E-state index < -0.39 is 35.9 Å². The van der Waals surface area contributed by atoms with E-state index in [9.17, 15) is 19.5 Å². The van der Waals surface area contributed by atoms with Gasteiger partial charge in [0.25, 0.3) is 5.91 Å². The maximum absolute atomic E-state index is 14.6. The summed E-state index contributed by atoms with van der Waals surface area (Å²) in [7, 11) is 0. The van der Waals surface area contributed by atoms with E-state index in [1.54, 1.807) is 4.90 Å². The molecule has 8 nitrogen and oxygen atoms in total. The number of carbonyl (C=O) groups excluding carboxylic acids is 2. The first-order valence-electron chi connectivity index (χ1n) is 15.9. The number of amides is 2. The van der Waals surface area contributed by atoms with E-state index in [1.807, 2.05) is 123 Å². The van der Waals surface area contributed by atoms with Crippen LogP contribution >= 0.6 is 0 Å². The highest BCUT2D eigenvalue weighted by Crippen LogP contribution is 2.36. The van der Waals surface area contributed by atoms with Crippen LogP contribution in [0.15, 0.2) is 122 Å². The van der Waals surface area contributed by atoms with Crippen molar-refractivity contribution in [1.29, 1.82) is 0 Å². The molecule has 242 valence electrons. The molecule has 1 aliphatic rings. The van der Waals surface area contributed by atoms with E-state index in [2.05, 4.69) is 17.2 Å². The van der Waals surface area contributed by atoms with Gasteiger partial charge in [-0.2, -0.15) is 0 Å². The van der Waals surface area contributed by atoms with Gasteiger partial charge in [0, 0.05) is 5.69 Å². The van der Waals surface area contributed by atoms with Crippen LogP contribution in [0.25, 0.3) is 0 Å². The smallest absolute Gasteiger partial charge is 0.307 e. The maximum atomic E-state index is 14.6. The van der Waals surface area contributed by atoms with Crippen LogP contribution in [0.4, 0.5) is 5.69 Å². The third-order valence-corrected chi connectivity index (χ3v) is 8.31. The van der Waals surface area contributed by atoms with Crippen molar-refractivity contribution in [2.45, 2.75) is 45.4 Å². The Morgan fingerprint density at radius 1 is 0.915 bits per heavy atom. The van der Waals surface area contributed by atoms with Gasteiger partial charge in [-0.05, 0) is 65.8 Å². The van der Waals surface area contributed by atoms with Crippen molar-refractivity contribution in [2.24, 2.45) is 17.8 Å². The summed E-state index contributed by atoms with van der Waals surface area (Å²) in [6.45, 7) is 7.81. The van der Waals surface area contributed by atoms with Gasteiger partial charge in [0.2, 0.25) is 5.91 Å². The number of hydrogen-bond donors (Lipinski definition) is 3. The SMILES string of the molecule is C=CC[C@H](C(=O)O)C(CC(C)C)C(=O)NC1NC(c2ccccc2)c2ccccc2N(Cc2cccc(Oc3ccccc3)c2)C1=O. The van der Waals surface area contributed by atoms with Crippen molar-refractivity contribution in [3.63, 3.8) is 0 Å². The molecule has 5 rings (SSSR count). The molecule has 4 atom stereocenters. The number of carboxylic acids is 1. The van der Waals surface area contributed by atoms with E-state index in [0.717, 1.165) is 16.7 Å². The van der Waals surface area contributed by atoms with Crippen LogP contribution in [0.5, 0.6) is 11.5 Å². The van der Waals surface area contributed by atoms with Gasteiger partial charge in [0.1, 0.15) is 11.5 Å². The lowest BCUT2D eigenvalue weighted by atomic mass is 9.82. The monoisotopic (exact) mass is 631 g/mol. The Balaban J connectivity index is 1.52. The molecule has 0 bridgehead atoms. The summed E-state index contributed by atoms with van der Waals surface area (Å²) >= 11 is 0. The number of anilines is 1. The molecule has 4 aromatic rings. The largest absolute Gasteiger partial charge is 0.481 e. The summed E-state index contributed by atoms with van der Waals surface area (Å²) in [6.07, 6.45) is 0.861. The third kappa shape index (κ3) is 8.15. The Labute approximate surface area is 276 Å². The molecule has 4 aromatic carbocycles. The summed E-state index contributed by atoms with van der Waals surface area (Å²) in [5.74, 6) is -2.37. The van der Waals surface area contributed by atoms with Crippen LogP contribution in [0.1, 0.15) is 49.4 Å². The number of carbonyl (C=O) groups is 3. The minimum atomic E-state index is -1.14. The van der Waals surface area contributed by atoms with Gasteiger partial charge in [0.15, 0.2) is 6.17 Å². The number of allylic oxidation sites excluding steroid dienone is 1. The molecule has 0 aliphatic carbocycles. The molecule has 8 heteroatoms. The quantitative estimate of drug-likeness (QED) is 0.136. The fourth-order valence-electron chi connectivity index (χ4n) is 6.11. The summed E-state index contributed by atoms with van der Waals surface area (Å²) in [4.78, 5) is 42.5. The van der Waals surface area contributed by atoms with Crippen LogP contribution in [-0.4, -0.2) is 29.1 Å². The summed E-state index contributed by atoms with van der Waals surface area (Å²) in [5, 5.41) is 16.4. The van der Waals surface area contributed by atoms with Crippen LogP contribution < -0.4 is 20.3 Å². The van der Waals surface area contributed by atoms with Gasteiger partial charge < -0.3 is 20.1 Å². The van der Waals surface area contributed by atoms with Crippen LogP contribution in [0.3, 0.4) is 0 Å².